The van der Waals surface area contributed by atoms with Crippen LogP contribution in [0.5, 0.6) is 5.75 Å². The normalized spacial score (nSPS) is 14.2. The minimum atomic E-state index is -0.0354. The summed E-state index contributed by atoms with van der Waals surface area (Å²) in [5.74, 6) is 0.715. The van der Waals surface area contributed by atoms with Crippen molar-refractivity contribution < 1.29 is 4.74 Å². The highest BCUT2D eigenvalue weighted by Gasteiger charge is 2.09. The molecule has 4 rings (SSSR count). The number of nitrogens with zero attached hydrogens (tertiary/aromatic N) is 4. The van der Waals surface area contributed by atoms with Gasteiger partial charge in [0.05, 0.1) is 24.8 Å². The van der Waals surface area contributed by atoms with Gasteiger partial charge in [-0.3, -0.25) is 14.4 Å². The van der Waals surface area contributed by atoms with Gasteiger partial charge in [0, 0.05) is 19.3 Å². The molecule has 3 heterocycles. The second-order valence-electron chi connectivity index (χ2n) is 6.05. The molecule has 7 heteroatoms. The third-order valence-corrected chi connectivity index (χ3v) is 4.28. The second-order valence-corrected chi connectivity index (χ2v) is 6.05. The van der Waals surface area contributed by atoms with Crippen LogP contribution >= 0.6 is 0 Å². The van der Waals surface area contributed by atoms with E-state index >= 15 is 0 Å². The number of nitrogens with one attached hydrogen (secondary N) is 1. The van der Waals surface area contributed by atoms with Crippen LogP contribution in [0.2, 0.25) is 0 Å². The van der Waals surface area contributed by atoms with Crippen molar-refractivity contribution in [3.8, 4) is 11.4 Å². The second kappa shape index (κ2) is 6.08. The van der Waals surface area contributed by atoms with Crippen LogP contribution in [0.15, 0.2) is 40.5 Å². The van der Waals surface area contributed by atoms with E-state index in [1.807, 2.05) is 42.0 Å². The number of methoxy groups -OCH3 is 1. The van der Waals surface area contributed by atoms with Gasteiger partial charge in [0.25, 0.3) is 5.56 Å². The lowest BCUT2D eigenvalue weighted by atomic mass is 10.1. The Morgan fingerprint density at radius 3 is 2.96 bits per heavy atom. The van der Waals surface area contributed by atoms with E-state index in [1.165, 1.54) is 0 Å². The van der Waals surface area contributed by atoms with Crippen LogP contribution in [0.4, 0.5) is 0 Å². The van der Waals surface area contributed by atoms with Crippen LogP contribution in [0.1, 0.15) is 17.7 Å². The summed E-state index contributed by atoms with van der Waals surface area (Å²) < 4.78 is 9.12. The van der Waals surface area contributed by atoms with Crippen molar-refractivity contribution in [1.29, 1.82) is 0 Å². The van der Waals surface area contributed by atoms with E-state index in [-0.39, 0.29) is 5.56 Å². The van der Waals surface area contributed by atoms with Gasteiger partial charge < -0.3 is 14.3 Å². The van der Waals surface area contributed by atoms with E-state index in [0.717, 1.165) is 29.9 Å². The standard InChI is InChI=1S/C18H19N5O2/c1-12-10-22(11-20-12)15-5-4-13(9-16(15)25-2)8-14-17(24)23-7-3-6-19-18(23)21-14/h4-5,8-11H,3,6-7H2,1-2H3,(H,19,21)/b14-8-. The maximum absolute atomic E-state index is 12.5. The molecule has 1 aromatic carbocycles. The van der Waals surface area contributed by atoms with E-state index < -0.39 is 0 Å². The smallest absolute Gasteiger partial charge is 0.277 e. The molecule has 0 atom stereocenters. The monoisotopic (exact) mass is 337 g/mol. The predicted octanol–water partition coefficient (Wildman–Crippen LogP) is 0.531. The molecule has 0 bridgehead atoms. The zero-order chi connectivity index (χ0) is 17.4. The summed E-state index contributed by atoms with van der Waals surface area (Å²) in [6.07, 6.45) is 6.42. The first-order valence-corrected chi connectivity index (χ1v) is 8.20. The summed E-state index contributed by atoms with van der Waals surface area (Å²) in [7, 11) is 1.63. The SMILES string of the molecule is COc1cc(/C=c2\[nH]c3n(c2=O)CCCN=3)ccc1-n1cnc(C)c1. The van der Waals surface area contributed by atoms with Gasteiger partial charge in [-0.25, -0.2) is 4.98 Å². The fourth-order valence-corrected chi connectivity index (χ4v) is 3.04. The maximum atomic E-state index is 12.5. The average Bonchev–Trinajstić information content (AvgIpc) is 3.19. The molecule has 128 valence electrons. The van der Waals surface area contributed by atoms with Crippen molar-refractivity contribution in [2.75, 3.05) is 13.7 Å². The van der Waals surface area contributed by atoms with E-state index in [9.17, 15) is 4.79 Å². The average molecular weight is 337 g/mol. The third kappa shape index (κ3) is 2.77. The van der Waals surface area contributed by atoms with Crippen LogP contribution in [-0.2, 0) is 6.54 Å². The Morgan fingerprint density at radius 1 is 1.36 bits per heavy atom. The van der Waals surface area contributed by atoms with E-state index in [1.54, 1.807) is 18.0 Å². The van der Waals surface area contributed by atoms with Gasteiger partial charge in [-0.15, -0.1) is 0 Å². The Bertz CT molecular complexity index is 1100. The van der Waals surface area contributed by atoms with Crippen LogP contribution in [0, 0.1) is 6.92 Å². The molecule has 0 saturated heterocycles. The molecule has 1 aliphatic rings. The van der Waals surface area contributed by atoms with Crippen molar-refractivity contribution in [3.05, 3.63) is 63.3 Å². The molecule has 7 nitrogen and oxygen atoms in total. The van der Waals surface area contributed by atoms with Crippen LogP contribution in [-0.4, -0.2) is 32.8 Å². The first-order chi connectivity index (χ1) is 12.2. The lowest BCUT2D eigenvalue weighted by molar-refractivity contribution is 0.413. The van der Waals surface area contributed by atoms with Crippen LogP contribution in [0.3, 0.4) is 0 Å². The number of benzene rings is 1. The quantitative estimate of drug-likeness (QED) is 0.757. The van der Waals surface area contributed by atoms with Crippen molar-refractivity contribution >= 4 is 6.08 Å². The summed E-state index contributed by atoms with van der Waals surface area (Å²) in [5.41, 5.74) is 3.34. The number of hydrogen-bond donors (Lipinski definition) is 1. The Hall–Kier alpha value is -3.09. The van der Waals surface area contributed by atoms with Crippen molar-refractivity contribution in [2.45, 2.75) is 19.9 Å². The molecule has 0 saturated carbocycles. The van der Waals surface area contributed by atoms with Gasteiger partial charge in [0.2, 0.25) is 5.62 Å². The van der Waals surface area contributed by atoms with Crippen LogP contribution < -0.4 is 21.3 Å². The third-order valence-electron chi connectivity index (χ3n) is 4.28. The number of aromatic nitrogens is 4. The molecule has 0 fully saturated rings. The van der Waals surface area contributed by atoms with Gasteiger partial charge in [-0.05, 0) is 37.1 Å². The van der Waals surface area contributed by atoms with E-state index in [4.69, 9.17) is 4.74 Å². The number of aromatic amines is 1. The van der Waals surface area contributed by atoms with Crippen molar-refractivity contribution in [3.63, 3.8) is 0 Å². The number of fused-ring (bicyclic) bond motifs is 1. The molecule has 0 aliphatic carbocycles. The Labute approximate surface area is 143 Å². The zero-order valence-electron chi connectivity index (χ0n) is 14.2. The maximum Gasteiger partial charge on any atom is 0.277 e. The summed E-state index contributed by atoms with van der Waals surface area (Å²) in [6.45, 7) is 3.41. The van der Waals surface area contributed by atoms with E-state index in [0.29, 0.717) is 23.3 Å². The molecule has 25 heavy (non-hydrogen) atoms. The summed E-state index contributed by atoms with van der Waals surface area (Å²) in [6, 6.07) is 5.82. The van der Waals surface area contributed by atoms with Crippen molar-refractivity contribution in [2.24, 2.45) is 4.99 Å². The predicted molar refractivity (Wildman–Crippen MR) is 93.7 cm³/mol. The fourth-order valence-electron chi connectivity index (χ4n) is 3.04. The summed E-state index contributed by atoms with van der Waals surface area (Å²) >= 11 is 0. The Kier molecular flexibility index (Phi) is 3.76. The minimum Gasteiger partial charge on any atom is -0.495 e. The first-order valence-electron chi connectivity index (χ1n) is 8.20. The van der Waals surface area contributed by atoms with Gasteiger partial charge in [0.15, 0.2) is 0 Å². The number of rotatable bonds is 3. The molecule has 2 aromatic heterocycles. The fraction of sp³-hybridized carbons (Fsp3) is 0.278. The van der Waals surface area contributed by atoms with Crippen molar-refractivity contribution in [1.82, 2.24) is 19.1 Å². The van der Waals surface area contributed by atoms with E-state index in [2.05, 4.69) is 15.0 Å². The molecule has 3 aromatic rings. The summed E-state index contributed by atoms with van der Waals surface area (Å²) in [5, 5.41) is 0.536. The lowest BCUT2D eigenvalue weighted by Gasteiger charge is -2.09. The highest BCUT2D eigenvalue weighted by Crippen LogP contribution is 2.24. The van der Waals surface area contributed by atoms with Gasteiger partial charge in [0.1, 0.15) is 11.1 Å². The molecular weight excluding hydrogens is 318 g/mol. The van der Waals surface area contributed by atoms with Gasteiger partial charge >= 0.3 is 0 Å². The Balaban J connectivity index is 1.80. The molecular formula is C18H19N5O2. The highest BCUT2D eigenvalue weighted by atomic mass is 16.5. The van der Waals surface area contributed by atoms with Gasteiger partial charge in [-0.1, -0.05) is 6.07 Å². The van der Waals surface area contributed by atoms with Crippen LogP contribution in [0.25, 0.3) is 11.8 Å². The number of ether oxygens (including phenoxy) is 1. The zero-order valence-corrected chi connectivity index (χ0v) is 14.2. The summed E-state index contributed by atoms with van der Waals surface area (Å²) in [4.78, 5) is 24.2. The lowest BCUT2D eigenvalue weighted by Crippen LogP contribution is -2.33. The molecule has 0 unspecified atom stereocenters. The number of aryl methyl sites for hydroxylation is 1. The first kappa shape index (κ1) is 15.4. The number of hydrogen-bond acceptors (Lipinski definition) is 4. The molecule has 0 amide bonds. The minimum absolute atomic E-state index is 0.0354. The number of imidazole rings is 2. The molecule has 0 radical (unpaired) electrons. The molecule has 0 spiro atoms. The number of H-pyrrole nitrogens is 1. The van der Waals surface area contributed by atoms with Gasteiger partial charge in [-0.2, -0.15) is 0 Å². The highest BCUT2D eigenvalue weighted by molar-refractivity contribution is 5.57. The molecule has 1 aliphatic heterocycles. The largest absolute Gasteiger partial charge is 0.495 e. The Morgan fingerprint density at radius 2 is 2.24 bits per heavy atom. The molecule has 1 N–H and O–H groups in total. The topological polar surface area (TPSA) is 77.2 Å².